The van der Waals surface area contributed by atoms with Gasteiger partial charge in [-0.3, -0.25) is 9.59 Å². The van der Waals surface area contributed by atoms with E-state index in [4.69, 9.17) is 10.5 Å². The average Bonchev–Trinajstić information content (AvgIpc) is 3.29. The predicted octanol–water partition coefficient (Wildman–Crippen LogP) is -0.273. The summed E-state index contributed by atoms with van der Waals surface area (Å²) in [4.78, 5) is 25.7. The van der Waals surface area contributed by atoms with Crippen LogP contribution in [0, 0.1) is 11.8 Å². The molecule has 0 aromatic rings. The Morgan fingerprint density at radius 3 is 2.80 bits per heavy atom. The molecular weight excluding hydrogens is 258 g/mol. The molecule has 3 N–H and O–H groups in total. The number of hydrogen-bond donors (Lipinski definition) is 2. The lowest BCUT2D eigenvalue weighted by atomic mass is 9.97. The molecule has 0 radical (unpaired) electrons. The number of carbonyl (C=O) groups excluding carboxylic acids is 2. The molecule has 1 saturated carbocycles. The van der Waals surface area contributed by atoms with Gasteiger partial charge >= 0.3 is 0 Å². The maximum atomic E-state index is 12.0. The van der Waals surface area contributed by atoms with Crippen molar-refractivity contribution in [3.05, 3.63) is 0 Å². The van der Waals surface area contributed by atoms with Gasteiger partial charge in [0.2, 0.25) is 11.8 Å². The minimum Gasteiger partial charge on any atom is -0.371 e. The van der Waals surface area contributed by atoms with E-state index in [0.29, 0.717) is 32.2 Å². The SMILES string of the molecule is NCCNC(=O)C1CCCN(C(=O)COCC2CC2)C1. The van der Waals surface area contributed by atoms with E-state index in [2.05, 4.69) is 5.32 Å². The van der Waals surface area contributed by atoms with Crippen LogP contribution in [0.2, 0.25) is 0 Å². The van der Waals surface area contributed by atoms with Crippen molar-refractivity contribution in [1.29, 1.82) is 0 Å². The largest absolute Gasteiger partial charge is 0.371 e. The van der Waals surface area contributed by atoms with Crippen LogP contribution in [0.5, 0.6) is 0 Å². The van der Waals surface area contributed by atoms with Gasteiger partial charge in [-0.1, -0.05) is 0 Å². The minimum atomic E-state index is -0.109. The van der Waals surface area contributed by atoms with E-state index in [-0.39, 0.29) is 24.3 Å². The van der Waals surface area contributed by atoms with Crippen LogP contribution in [0.25, 0.3) is 0 Å². The van der Waals surface area contributed by atoms with Gasteiger partial charge in [0.15, 0.2) is 0 Å². The van der Waals surface area contributed by atoms with Crippen LogP contribution < -0.4 is 11.1 Å². The van der Waals surface area contributed by atoms with E-state index in [1.165, 1.54) is 12.8 Å². The second-order valence-corrected chi connectivity index (χ2v) is 5.72. The van der Waals surface area contributed by atoms with Gasteiger partial charge in [0.05, 0.1) is 12.5 Å². The summed E-state index contributed by atoms with van der Waals surface area (Å²) in [6, 6.07) is 0. The van der Waals surface area contributed by atoms with E-state index in [1.54, 1.807) is 4.90 Å². The van der Waals surface area contributed by atoms with E-state index >= 15 is 0 Å². The number of carbonyl (C=O) groups is 2. The van der Waals surface area contributed by atoms with Crippen molar-refractivity contribution in [2.24, 2.45) is 17.6 Å². The first-order valence-electron chi connectivity index (χ1n) is 7.54. The minimum absolute atomic E-state index is 0.00183. The number of likely N-dealkylation sites (tertiary alicyclic amines) is 1. The Morgan fingerprint density at radius 2 is 2.10 bits per heavy atom. The number of piperidine rings is 1. The Balaban J connectivity index is 1.70. The van der Waals surface area contributed by atoms with Crippen LogP contribution in [0.1, 0.15) is 25.7 Å². The topological polar surface area (TPSA) is 84.7 Å². The van der Waals surface area contributed by atoms with E-state index in [1.807, 2.05) is 0 Å². The summed E-state index contributed by atoms with van der Waals surface area (Å²) in [7, 11) is 0. The molecule has 2 amide bonds. The highest BCUT2D eigenvalue weighted by molar-refractivity contribution is 5.81. The number of ether oxygens (including phenoxy) is 1. The number of nitrogens with one attached hydrogen (secondary N) is 1. The van der Waals surface area contributed by atoms with Gasteiger partial charge in [0.25, 0.3) is 0 Å². The molecule has 1 aliphatic carbocycles. The molecule has 2 aliphatic rings. The average molecular weight is 283 g/mol. The van der Waals surface area contributed by atoms with Crippen LogP contribution in [0.15, 0.2) is 0 Å². The Morgan fingerprint density at radius 1 is 1.30 bits per heavy atom. The maximum absolute atomic E-state index is 12.0. The number of hydrogen-bond acceptors (Lipinski definition) is 4. The van der Waals surface area contributed by atoms with Crippen LogP contribution >= 0.6 is 0 Å². The van der Waals surface area contributed by atoms with Crippen molar-refractivity contribution in [2.45, 2.75) is 25.7 Å². The van der Waals surface area contributed by atoms with Gasteiger partial charge in [0, 0.05) is 26.2 Å². The smallest absolute Gasteiger partial charge is 0.248 e. The Bertz CT molecular complexity index is 345. The maximum Gasteiger partial charge on any atom is 0.248 e. The monoisotopic (exact) mass is 283 g/mol. The summed E-state index contributed by atoms with van der Waals surface area (Å²) in [5, 5.41) is 2.79. The number of rotatable bonds is 7. The third-order valence-corrected chi connectivity index (χ3v) is 3.86. The predicted molar refractivity (Wildman–Crippen MR) is 74.9 cm³/mol. The molecule has 20 heavy (non-hydrogen) atoms. The van der Waals surface area contributed by atoms with Crippen molar-refractivity contribution >= 4 is 11.8 Å². The molecule has 0 aromatic heterocycles. The van der Waals surface area contributed by atoms with Crippen LogP contribution in [0.3, 0.4) is 0 Å². The highest BCUT2D eigenvalue weighted by atomic mass is 16.5. The molecular formula is C14H25N3O3. The van der Waals surface area contributed by atoms with Gasteiger partial charge < -0.3 is 20.7 Å². The summed E-state index contributed by atoms with van der Waals surface area (Å²) < 4.78 is 5.42. The second kappa shape index (κ2) is 7.59. The molecule has 1 atom stereocenters. The molecule has 6 nitrogen and oxygen atoms in total. The first kappa shape index (κ1) is 15.3. The van der Waals surface area contributed by atoms with Crippen molar-refractivity contribution in [1.82, 2.24) is 10.2 Å². The lowest BCUT2D eigenvalue weighted by Gasteiger charge is -2.32. The fourth-order valence-corrected chi connectivity index (χ4v) is 2.45. The highest BCUT2D eigenvalue weighted by Crippen LogP contribution is 2.28. The Hall–Kier alpha value is -1.14. The summed E-state index contributed by atoms with van der Waals surface area (Å²) >= 11 is 0. The molecule has 0 bridgehead atoms. The summed E-state index contributed by atoms with van der Waals surface area (Å²) in [6.45, 7) is 3.01. The normalized spacial score (nSPS) is 22.6. The number of nitrogens with two attached hydrogens (primary N) is 1. The lowest BCUT2D eigenvalue weighted by Crippen LogP contribution is -2.47. The molecule has 1 aliphatic heterocycles. The molecule has 114 valence electrons. The lowest BCUT2D eigenvalue weighted by molar-refractivity contribution is -0.139. The van der Waals surface area contributed by atoms with Gasteiger partial charge in [0.1, 0.15) is 6.61 Å². The molecule has 0 aromatic carbocycles. The number of nitrogens with zero attached hydrogens (tertiary/aromatic N) is 1. The van der Waals surface area contributed by atoms with E-state index < -0.39 is 0 Å². The van der Waals surface area contributed by atoms with Crippen molar-refractivity contribution < 1.29 is 14.3 Å². The fraction of sp³-hybridized carbons (Fsp3) is 0.857. The zero-order chi connectivity index (χ0) is 14.4. The third-order valence-electron chi connectivity index (χ3n) is 3.86. The van der Waals surface area contributed by atoms with Gasteiger partial charge in [-0.15, -0.1) is 0 Å². The summed E-state index contributed by atoms with van der Waals surface area (Å²) in [5.41, 5.74) is 5.37. The summed E-state index contributed by atoms with van der Waals surface area (Å²) in [6.07, 6.45) is 4.15. The van der Waals surface area contributed by atoms with Crippen molar-refractivity contribution in [3.63, 3.8) is 0 Å². The van der Waals surface area contributed by atoms with Gasteiger partial charge in [-0.05, 0) is 31.6 Å². The molecule has 2 rings (SSSR count). The van der Waals surface area contributed by atoms with Gasteiger partial charge in [-0.25, -0.2) is 0 Å². The first-order chi connectivity index (χ1) is 9.70. The Labute approximate surface area is 120 Å². The molecule has 2 fully saturated rings. The van der Waals surface area contributed by atoms with Crippen molar-refractivity contribution in [2.75, 3.05) is 39.4 Å². The Kier molecular flexibility index (Phi) is 5.79. The standard InChI is InChI=1S/C14H25N3O3/c15-5-6-16-14(19)12-2-1-7-17(8-12)13(18)10-20-9-11-3-4-11/h11-12H,1-10,15H2,(H,16,19). The van der Waals surface area contributed by atoms with E-state index in [0.717, 1.165) is 19.4 Å². The molecule has 1 saturated heterocycles. The third kappa shape index (κ3) is 4.76. The molecule has 1 unspecified atom stereocenters. The highest BCUT2D eigenvalue weighted by Gasteiger charge is 2.28. The zero-order valence-electron chi connectivity index (χ0n) is 12.0. The van der Waals surface area contributed by atoms with Crippen LogP contribution in [-0.2, 0) is 14.3 Å². The van der Waals surface area contributed by atoms with E-state index in [9.17, 15) is 9.59 Å². The molecule has 1 heterocycles. The van der Waals surface area contributed by atoms with Crippen LogP contribution in [0.4, 0.5) is 0 Å². The quantitative estimate of drug-likeness (QED) is 0.673. The number of amides is 2. The van der Waals surface area contributed by atoms with Gasteiger partial charge in [-0.2, -0.15) is 0 Å². The molecule has 0 spiro atoms. The zero-order valence-corrected chi connectivity index (χ0v) is 12.0. The fourth-order valence-electron chi connectivity index (χ4n) is 2.45. The van der Waals surface area contributed by atoms with Crippen LogP contribution in [-0.4, -0.2) is 56.1 Å². The summed E-state index contributed by atoms with van der Waals surface area (Å²) in [5.74, 6) is 0.565. The first-order valence-corrected chi connectivity index (χ1v) is 7.54. The molecule has 6 heteroatoms. The second-order valence-electron chi connectivity index (χ2n) is 5.72. The van der Waals surface area contributed by atoms with Crippen molar-refractivity contribution in [3.8, 4) is 0 Å².